The molecule has 2 aromatic carbocycles. The van der Waals surface area contributed by atoms with Gasteiger partial charge in [0, 0.05) is 41.7 Å². The minimum Gasteiger partial charge on any atom is -0.456 e. The van der Waals surface area contributed by atoms with Gasteiger partial charge in [-0.25, -0.2) is 4.98 Å². The molecule has 5 rings (SSSR count). The molecule has 0 bridgehead atoms. The molecule has 0 N–H and O–H groups in total. The number of benzene rings is 2. The fourth-order valence-corrected chi connectivity index (χ4v) is 3.98. The zero-order chi connectivity index (χ0) is 20.0. The maximum atomic E-state index is 6.29. The van der Waals surface area contributed by atoms with Crippen LogP contribution in [0.5, 0.6) is 11.6 Å². The van der Waals surface area contributed by atoms with Gasteiger partial charge in [-0.2, -0.15) is 0 Å². The number of hydrogen-bond acceptors (Lipinski definition) is 4. The second-order valence-corrected chi connectivity index (χ2v) is 7.23. The molecule has 3 aromatic heterocycles. The minimum absolute atomic E-state index is 0.599. The third-order valence-electron chi connectivity index (χ3n) is 5.59. The average Bonchev–Trinajstić information content (AvgIpc) is 3.23. The van der Waals surface area contributed by atoms with E-state index in [1.54, 1.807) is 13.3 Å². The standard InChI is InChI=1S/C24H22N2O3/c1-15-16(2)26(12-13-27-3)23-18(15)10-11-25-24(23)28-17-8-9-22-20(14-17)19-6-4-5-7-21(19)29-22/h4-11,14H,12-13H2,1-3H3. The highest BCUT2D eigenvalue weighted by atomic mass is 16.5. The molecule has 0 aliphatic rings. The first-order valence-electron chi connectivity index (χ1n) is 9.70. The summed E-state index contributed by atoms with van der Waals surface area (Å²) in [6.07, 6.45) is 1.80. The van der Waals surface area contributed by atoms with Gasteiger partial charge in [0.25, 0.3) is 0 Å². The molecule has 0 fully saturated rings. The van der Waals surface area contributed by atoms with E-state index in [4.69, 9.17) is 13.9 Å². The number of aromatic nitrogens is 2. The normalized spacial score (nSPS) is 11.7. The van der Waals surface area contributed by atoms with Gasteiger partial charge in [0.05, 0.1) is 6.61 Å². The van der Waals surface area contributed by atoms with Crippen LogP contribution in [0.15, 0.2) is 59.1 Å². The number of furan rings is 1. The highest BCUT2D eigenvalue weighted by molar-refractivity contribution is 6.05. The monoisotopic (exact) mass is 386 g/mol. The molecule has 0 amide bonds. The van der Waals surface area contributed by atoms with Crippen LogP contribution in [0.3, 0.4) is 0 Å². The Hall–Kier alpha value is -3.31. The molecule has 0 aliphatic heterocycles. The third-order valence-corrected chi connectivity index (χ3v) is 5.59. The van der Waals surface area contributed by atoms with Gasteiger partial charge < -0.3 is 18.5 Å². The van der Waals surface area contributed by atoms with Crippen LogP contribution < -0.4 is 4.74 Å². The van der Waals surface area contributed by atoms with Gasteiger partial charge in [0.15, 0.2) is 0 Å². The van der Waals surface area contributed by atoms with Crippen molar-refractivity contribution in [1.29, 1.82) is 0 Å². The van der Waals surface area contributed by atoms with E-state index in [-0.39, 0.29) is 0 Å². The minimum atomic E-state index is 0.599. The van der Waals surface area contributed by atoms with Crippen LogP contribution in [0.4, 0.5) is 0 Å². The summed E-state index contributed by atoms with van der Waals surface area (Å²) in [6.45, 7) is 5.64. The van der Waals surface area contributed by atoms with E-state index in [1.165, 1.54) is 11.3 Å². The van der Waals surface area contributed by atoms with Crippen LogP contribution in [0.25, 0.3) is 32.8 Å². The Morgan fingerprint density at radius 2 is 1.79 bits per heavy atom. The van der Waals surface area contributed by atoms with Gasteiger partial charge in [0.1, 0.15) is 22.4 Å². The quantitative estimate of drug-likeness (QED) is 0.372. The molecule has 0 atom stereocenters. The molecule has 0 saturated carbocycles. The number of pyridine rings is 1. The summed E-state index contributed by atoms with van der Waals surface area (Å²) in [5.74, 6) is 1.33. The van der Waals surface area contributed by atoms with Gasteiger partial charge in [-0.3, -0.25) is 0 Å². The molecule has 146 valence electrons. The van der Waals surface area contributed by atoms with Crippen molar-refractivity contribution in [1.82, 2.24) is 9.55 Å². The zero-order valence-corrected chi connectivity index (χ0v) is 16.7. The van der Waals surface area contributed by atoms with Crippen LogP contribution in [-0.2, 0) is 11.3 Å². The number of ether oxygens (including phenoxy) is 2. The van der Waals surface area contributed by atoms with Crippen molar-refractivity contribution in [3.63, 3.8) is 0 Å². The van der Waals surface area contributed by atoms with E-state index in [0.29, 0.717) is 12.5 Å². The lowest BCUT2D eigenvalue weighted by Crippen LogP contribution is -2.06. The van der Waals surface area contributed by atoms with Crippen molar-refractivity contribution < 1.29 is 13.9 Å². The van der Waals surface area contributed by atoms with Gasteiger partial charge in [0.2, 0.25) is 5.88 Å². The molecule has 5 nitrogen and oxygen atoms in total. The summed E-state index contributed by atoms with van der Waals surface area (Å²) in [5, 5.41) is 3.26. The van der Waals surface area contributed by atoms with Gasteiger partial charge >= 0.3 is 0 Å². The van der Waals surface area contributed by atoms with Crippen molar-refractivity contribution in [3.8, 4) is 11.6 Å². The SMILES string of the molecule is COCCn1c(C)c(C)c2ccnc(Oc3ccc4oc5ccccc5c4c3)c21. The van der Waals surface area contributed by atoms with Crippen molar-refractivity contribution in [2.24, 2.45) is 0 Å². The van der Waals surface area contributed by atoms with Crippen LogP contribution in [0, 0.1) is 13.8 Å². The summed E-state index contributed by atoms with van der Waals surface area (Å²) in [7, 11) is 1.72. The van der Waals surface area contributed by atoms with Gasteiger partial charge in [-0.05, 0) is 49.7 Å². The van der Waals surface area contributed by atoms with E-state index in [9.17, 15) is 0 Å². The molecule has 29 heavy (non-hydrogen) atoms. The first-order valence-corrected chi connectivity index (χ1v) is 9.70. The fraction of sp³-hybridized carbons (Fsp3) is 0.208. The van der Waals surface area contributed by atoms with Crippen LogP contribution in [0.1, 0.15) is 11.3 Å². The van der Waals surface area contributed by atoms with Crippen LogP contribution >= 0.6 is 0 Å². The highest BCUT2D eigenvalue weighted by Crippen LogP contribution is 2.36. The lowest BCUT2D eigenvalue weighted by atomic mass is 10.1. The summed E-state index contributed by atoms with van der Waals surface area (Å²) >= 11 is 0. The van der Waals surface area contributed by atoms with Crippen molar-refractivity contribution >= 4 is 32.8 Å². The van der Waals surface area contributed by atoms with Gasteiger partial charge in [-0.15, -0.1) is 0 Å². The molecule has 0 saturated heterocycles. The Bertz CT molecular complexity index is 1350. The first-order chi connectivity index (χ1) is 14.2. The van der Waals surface area contributed by atoms with E-state index in [2.05, 4.69) is 29.5 Å². The predicted molar refractivity (Wildman–Crippen MR) is 115 cm³/mol. The molecular weight excluding hydrogens is 364 g/mol. The maximum absolute atomic E-state index is 6.29. The molecule has 0 radical (unpaired) electrons. The Morgan fingerprint density at radius 3 is 2.66 bits per heavy atom. The zero-order valence-electron chi connectivity index (χ0n) is 16.7. The Kier molecular flexibility index (Phi) is 4.25. The number of rotatable bonds is 5. The topological polar surface area (TPSA) is 49.4 Å². The summed E-state index contributed by atoms with van der Waals surface area (Å²) in [5.41, 5.74) is 5.15. The number of nitrogens with zero attached hydrogens (tertiary/aromatic N) is 2. The number of aryl methyl sites for hydroxylation is 1. The molecule has 3 heterocycles. The van der Waals surface area contributed by atoms with E-state index in [1.807, 2.05) is 42.5 Å². The number of fused-ring (bicyclic) bond motifs is 4. The number of hydrogen-bond donors (Lipinski definition) is 0. The highest BCUT2D eigenvalue weighted by Gasteiger charge is 2.17. The molecule has 0 spiro atoms. The average molecular weight is 386 g/mol. The molecule has 0 aliphatic carbocycles. The third kappa shape index (κ3) is 2.86. The molecule has 5 aromatic rings. The Labute approximate surface area is 168 Å². The second kappa shape index (κ2) is 6.94. The predicted octanol–water partition coefficient (Wildman–Crippen LogP) is 5.99. The molecular formula is C24H22N2O3. The maximum Gasteiger partial charge on any atom is 0.244 e. The first kappa shape index (κ1) is 17.8. The van der Waals surface area contributed by atoms with Crippen molar-refractivity contribution in [2.45, 2.75) is 20.4 Å². The number of methoxy groups -OCH3 is 1. The van der Waals surface area contributed by atoms with Crippen LogP contribution in [0.2, 0.25) is 0 Å². The Balaban J connectivity index is 1.63. The Morgan fingerprint density at radius 1 is 0.966 bits per heavy atom. The van der Waals surface area contributed by atoms with Crippen molar-refractivity contribution in [3.05, 3.63) is 66.0 Å². The lowest BCUT2D eigenvalue weighted by Gasteiger charge is -2.11. The second-order valence-electron chi connectivity index (χ2n) is 7.23. The summed E-state index contributed by atoms with van der Waals surface area (Å²) < 4.78 is 19.7. The molecule has 0 unspecified atom stereocenters. The van der Waals surface area contributed by atoms with E-state index in [0.717, 1.165) is 45.1 Å². The fourth-order valence-electron chi connectivity index (χ4n) is 3.98. The summed E-state index contributed by atoms with van der Waals surface area (Å²) in [6, 6.07) is 16.0. The van der Waals surface area contributed by atoms with E-state index < -0.39 is 0 Å². The number of para-hydroxylation sites is 1. The van der Waals surface area contributed by atoms with E-state index >= 15 is 0 Å². The molecule has 5 heteroatoms. The smallest absolute Gasteiger partial charge is 0.244 e. The summed E-state index contributed by atoms with van der Waals surface area (Å²) in [4.78, 5) is 4.55. The van der Waals surface area contributed by atoms with Crippen molar-refractivity contribution in [2.75, 3.05) is 13.7 Å². The lowest BCUT2D eigenvalue weighted by molar-refractivity contribution is 0.187. The van der Waals surface area contributed by atoms with Crippen LogP contribution in [-0.4, -0.2) is 23.3 Å². The largest absolute Gasteiger partial charge is 0.456 e. The van der Waals surface area contributed by atoms with Gasteiger partial charge in [-0.1, -0.05) is 18.2 Å².